The van der Waals surface area contributed by atoms with Crippen molar-refractivity contribution >= 4 is 0 Å². The molecule has 52 valence electrons. The molecule has 0 saturated carbocycles. The van der Waals surface area contributed by atoms with Crippen LogP contribution in [0, 0.1) is 0 Å². The van der Waals surface area contributed by atoms with E-state index in [4.69, 9.17) is 14.6 Å². The van der Waals surface area contributed by atoms with E-state index in [0.29, 0.717) is 12.4 Å². The number of hydrogen-bond acceptors (Lipinski definition) is 3. The summed E-state index contributed by atoms with van der Waals surface area (Å²) in [7, 11) is 0. The van der Waals surface area contributed by atoms with Crippen molar-refractivity contribution in [1.29, 1.82) is 0 Å². The second kappa shape index (κ2) is 1.92. The lowest BCUT2D eigenvalue weighted by atomic mass is 10.4. The third kappa shape index (κ3) is 1.36. The van der Waals surface area contributed by atoms with E-state index in [1.54, 1.807) is 13.8 Å². The zero-order valence-corrected chi connectivity index (χ0v) is 5.55. The maximum atomic E-state index is 8.43. The molecular weight excluding hydrogens is 120 g/mol. The fourth-order valence-electron chi connectivity index (χ4n) is 0.683. The zero-order valence-electron chi connectivity index (χ0n) is 5.55. The lowest BCUT2D eigenvalue weighted by Crippen LogP contribution is -2.18. The highest BCUT2D eigenvalue weighted by molar-refractivity contribution is 4.93. The molecule has 0 atom stereocenters. The van der Waals surface area contributed by atoms with Crippen LogP contribution in [0.15, 0.2) is 12.0 Å². The van der Waals surface area contributed by atoms with Gasteiger partial charge in [-0.2, -0.15) is 0 Å². The molecule has 0 aliphatic carbocycles. The Balaban J connectivity index is 2.57. The van der Waals surface area contributed by atoms with Gasteiger partial charge in [0.2, 0.25) is 5.79 Å². The van der Waals surface area contributed by atoms with Crippen molar-refractivity contribution < 1.29 is 14.6 Å². The first-order chi connectivity index (χ1) is 4.14. The smallest absolute Gasteiger partial charge is 0.205 e. The van der Waals surface area contributed by atoms with Gasteiger partial charge in [0.25, 0.3) is 0 Å². The fourth-order valence-corrected chi connectivity index (χ4v) is 0.683. The molecule has 1 aliphatic rings. The van der Waals surface area contributed by atoms with E-state index < -0.39 is 5.79 Å². The molecular formula is C6H10O3. The number of aliphatic hydroxyl groups is 1. The molecule has 0 amide bonds. The summed E-state index contributed by atoms with van der Waals surface area (Å²) in [4.78, 5) is 0. The van der Waals surface area contributed by atoms with Crippen molar-refractivity contribution in [2.45, 2.75) is 19.6 Å². The second-order valence-electron chi connectivity index (χ2n) is 2.39. The molecule has 0 aromatic carbocycles. The Labute approximate surface area is 53.9 Å². The Morgan fingerprint density at radius 1 is 1.67 bits per heavy atom. The molecule has 0 aromatic heterocycles. The minimum Gasteiger partial charge on any atom is -0.512 e. The van der Waals surface area contributed by atoms with Gasteiger partial charge in [-0.05, 0) is 0 Å². The van der Waals surface area contributed by atoms with Crippen molar-refractivity contribution in [3.8, 4) is 0 Å². The van der Waals surface area contributed by atoms with Gasteiger partial charge in [-0.3, -0.25) is 0 Å². The molecule has 1 heterocycles. The van der Waals surface area contributed by atoms with E-state index >= 15 is 0 Å². The standard InChI is InChI=1S/C6H10O3/c1-6(2)8-4-5(3-7)9-6/h3,7H,4H2,1-2H3/b5-3+. The predicted octanol–water partition coefficient (Wildman–Crippen LogP) is 1.17. The summed E-state index contributed by atoms with van der Waals surface area (Å²) in [5.74, 6) is -0.0748. The average Bonchev–Trinajstić information content (AvgIpc) is 2.10. The summed E-state index contributed by atoms with van der Waals surface area (Å²) in [5.41, 5.74) is 0. The molecule has 3 heteroatoms. The lowest BCUT2D eigenvalue weighted by Gasteiger charge is -2.14. The third-order valence-electron chi connectivity index (χ3n) is 1.08. The number of hydrogen-bond donors (Lipinski definition) is 1. The quantitative estimate of drug-likeness (QED) is 0.500. The fraction of sp³-hybridized carbons (Fsp3) is 0.667. The molecule has 9 heavy (non-hydrogen) atoms. The van der Waals surface area contributed by atoms with Crippen LogP contribution in [0.2, 0.25) is 0 Å². The van der Waals surface area contributed by atoms with Crippen LogP contribution in [-0.4, -0.2) is 17.5 Å². The maximum Gasteiger partial charge on any atom is 0.205 e. The molecule has 0 spiro atoms. The van der Waals surface area contributed by atoms with Crippen LogP contribution < -0.4 is 0 Å². The van der Waals surface area contributed by atoms with Crippen LogP contribution in [0.1, 0.15) is 13.8 Å². The van der Waals surface area contributed by atoms with Crippen molar-refractivity contribution in [1.82, 2.24) is 0 Å². The van der Waals surface area contributed by atoms with Crippen molar-refractivity contribution in [2.24, 2.45) is 0 Å². The van der Waals surface area contributed by atoms with Gasteiger partial charge < -0.3 is 14.6 Å². The van der Waals surface area contributed by atoms with Gasteiger partial charge in [0.05, 0.1) is 0 Å². The molecule has 1 fully saturated rings. The summed E-state index contributed by atoms with van der Waals surface area (Å²) >= 11 is 0. The molecule has 1 rings (SSSR count). The zero-order chi connectivity index (χ0) is 6.91. The van der Waals surface area contributed by atoms with Gasteiger partial charge in [0.1, 0.15) is 12.9 Å². The summed E-state index contributed by atoms with van der Waals surface area (Å²) in [6, 6.07) is 0. The number of rotatable bonds is 0. The van der Waals surface area contributed by atoms with Crippen molar-refractivity contribution in [3.05, 3.63) is 12.0 Å². The van der Waals surface area contributed by atoms with E-state index in [1.807, 2.05) is 0 Å². The molecule has 1 aliphatic heterocycles. The van der Waals surface area contributed by atoms with Crippen LogP contribution in [0.25, 0.3) is 0 Å². The Hall–Kier alpha value is -0.700. The predicted molar refractivity (Wildman–Crippen MR) is 31.8 cm³/mol. The van der Waals surface area contributed by atoms with Crippen LogP contribution in [0.3, 0.4) is 0 Å². The molecule has 0 aromatic rings. The Bertz CT molecular complexity index is 137. The van der Waals surface area contributed by atoms with Crippen LogP contribution in [0.5, 0.6) is 0 Å². The number of aliphatic hydroxyl groups excluding tert-OH is 1. The largest absolute Gasteiger partial charge is 0.512 e. The summed E-state index contributed by atoms with van der Waals surface area (Å²) in [5, 5.41) is 8.43. The van der Waals surface area contributed by atoms with E-state index in [9.17, 15) is 0 Å². The van der Waals surface area contributed by atoms with E-state index in [2.05, 4.69) is 0 Å². The SMILES string of the molecule is CC1(C)OC/C(=C\O)O1. The van der Waals surface area contributed by atoms with Crippen LogP contribution >= 0.6 is 0 Å². The first-order valence-corrected chi connectivity index (χ1v) is 2.80. The third-order valence-corrected chi connectivity index (χ3v) is 1.08. The van der Waals surface area contributed by atoms with E-state index in [1.165, 1.54) is 0 Å². The topological polar surface area (TPSA) is 38.7 Å². The summed E-state index contributed by atoms with van der Waals surface area (Å²) in [6.45, 7) is 3.95. The Kier molecular flexibility index (Phi) is 1.37. The average molecular weight is 130 g/mol. The van der Waals surface area contributed by atoms with Gasteiger partial charge in [-0.1, -0.05) is 0 Å². The Morgan fingerprint density at radius 2 is 2.33 bits per heavy atom. The van der Waals surface area contributed by atoms with Gasteiger partial charge >= 0.3 is 0 Å². The van der Waals surface area contributed by atoms with Gasteiger partial charge in [-0.15, -0.1) is 0 Å². The van der Waals surface area contributed by atoms with E-state index in [0.717, 1.165) is 6.26 Å². The summed E-state index contributed by atoms with van der Waals surface area (Å²) < 4.78 is 10.2. The minimum atomic E-state index is -0.561. The highest BCUT2D eigenvalue weighted by atomic mass is 16.7. The van der Waals surface area contributed by atoms with Gasteiger partial charge in [0.15, 0.2) is 5.76 Å². The van der Waals surface area contributed by atoms with Gasteiger partial charge in [-0.25, -0.2) is 0 Å². The molecule has 0 bridgehead atoms. The van der Waals surface area contributed by atoms with Crippen molar-refractivity contribution in [3.63, 3.8) is 0 Å². The monoisotopic (exact) mass is 130 g/mol. The molecule has 1 saturated heterocycles. The first kappa shape index (κ1) is 6.42. The second-order valence-corrected chi connectivity index (χ2v) is 2.39. The van der Waals surface area contributed by atoms with E-state index in [-0.39, 0.29) is 0 Å². The normalized spacial score (nSPS) is 28.4. The van der Waals surface area contributed by atoms with Crippen LogP contribution in [-0.2, 0) is 9.47 Å². The van der Waals surface area contributed by atoms with Crippen molar-refractivity contribution in [2.75, 3.05) is 6.61 Å². The highest BCUT2D eigenvalue weighted by Gasteiger charge is 2.28. The molecule has 0 radical (unpaired) electrons. The molecule has 0 unspecified atom stereocenters. The maximum absolute atomic E-state index is 8.43. The first-order valence-electron chi connectivity index (χ1n) is 2.80. The molecule has 3 nitrogen and oxygen atoms in total. The lowest BCUT2D eigenvalue weighted by molar-refractivity contribution is -0.117. The minimum absolute atomic E-state index is 0.365. The molecule has 1 N–H and O–H groups in total. The van der Waals surface area contributed by atoms with Crippen LogP contribution in [0.4, 0.5) is 0 Å². The Morgan fingerprint density at radius 3 is 2.56 bits per heavy atom. The summed E-state index contributed by atoms with van der Waals surface area (Å²) in [6.07, 6.45) is 0.925. The van der Waals surface area contributed by atoms with Gasteiger partial charge in [0, 0.05) is 13.8 Å². The number of ether oxygens (including phenoxy) is 2. The highest BCUT2D eigenvalue weighted by Crippen LogP contribution is 2.23.